The second kappa shape index (κ2) is 3.25. The molecule has 0 spiro atoms. The zero-order chi connectivity index (χ0) is 5.82. The van der Waals surface area contributed by atoms with Gasteiger partial charge in [0.05, 0.1) is 5.88 Å². The van der Waals surface area contributed by atoms with Crippen LogP contribution in [0.15, 0.2) is 0 Å². The molecule has 8 heavy (non-hydrogen) atoms. The number of halogens is 1. The molecule has 1 aliphatic heterocycles. The van der Waals surface area contributed by atoms with Gasteiger partial charge in [0.1, 0.15) is 0 Å². The first kappa shape index (κ1) is 6.29. The molecule has 1 fully saturated rings. The van der Waals surface area contributed by atoms with Crippen molar-refractivity contribution in [2.75, 3.05) is 19.5 Å². The number of rotatable bonds is 1. The molecule has 0 amide bonds. The monoisotopic (exact) mass is 138 g/mol. The summed E-state index contributed by atoms with van der Waals surface area (Å²) in [5.41, 5.74) is 0. The summed E-state index contributed by atoms with van der Waals surface area (Å²) >= 11 is 5.37. The van der Waals surface area contributed by atoms with Crippen LogP contribution in [0.5, 0.6) is 0 Å². The van der Waals surface area contributed by atoms with Gasteiger partial charge in [-0.1, -0.05) is 0 Å². The largest absolute Gasteiger partial charge is 0.329 e. The number of hydrogen-bond donors (Lipinski definition) is 0. The first-order chi connectivity index (χ1) is 3.93. The van der Waals surface area contributed by atoms with Crippen LogP contribution < -0.4 is 0 Å². The number of alkyl halides is 1. The normalized spacial score (nSPS) is 23.6. The predicted octanol–water partition coefficient (Wildman–Crippen LogP) is 0.530. The third-order valence-electron chi connectivity index (χ3n) is 0.801. The summed E-state index contributed by atoms with van der Waals surface area (Å²) in [7, 11) is 0. The lowest BCUT2D eigenvalue weighted by molar-refractivity contribution is -0.290. The molecular formula is C4H7ClO3. The van der Waals surface area contributed by atoms with E-state index in [0.29, 0.717) is 5.88 Å². The van der Waals surface area contributed by atoms with Crippen LogP contribution in [0.2, 0.25) is 0 Å². The van der Waals surface area contributed by atoms with E-state index in [0.717, 1.165) is 0 Å². The minimum Gasteiger partial charge on any atom is -0.329 e. The highest BCUT2D eigenvalue weighted by molar-refractivity contribution is 6.18. The Labute approximate surface area is 52.5 Å². The molecule has 0 radical (unpaired) electrons. The molecule has 4 heteroatoms. The topological polar surface area (TPSA) is 27.7 Å². The van der Waals surface area contributed by atoms with Crippen molar-refractivity contribution in [3.63, 3.8) is 0 Å². The Morgan fingerprint density at radius 1 is 1.38 bits per heavy atom. The van der Waals surface area contributed by atoms with Crippen molar-refractivity contribution in [2.24, 2.45) is 0 Å². The quantitative estimate of drug-likeness (QED) is 0.495. The molecule has 1 aliphatic rings. The third-order valence-corrected chi connectivity index (χ3v) is 1.05. The van der Waals surface area contributed by atoms with Crippen molar-refractivity contribution in [1.82, 2.24) is 0 Å². The molecule has 1 rings (SSSR count). The van der Waals surface area contributed by atoms with E-state index in [2.05, 4.69) is 0 Å². The van der Waals surface area contributed by atoms with Crippen LogP contribution in [0.25, 0.3) is 0 Å². The lowest BCUT2D eigenvalue weighted by Gasteiger charge is -2.20. The fourth-order valence-corrected chi connectivity index (χ4v) is 0.597. The lowest BCUT2D eigenvalue weighted by atomic mass is 10.7. The molecule has 0 aromatic rings. The molecule has 0 atom stereocenters. The van der Waals surface area contributed by atoms with Crippen LogP contribution in [-0.4, -0.2) is 25.8 Å². The summed E-state index contributed by atoms with van der Waals surface area (Å²) in [5.74, 6) is 0.364. The second-order valence-corrected chi connectivity index (χ2v) is 1.67. The van der Waals surface area contributed by atoms with E-state index in [1.165, 1.54) is 0 Å². The Morgan fingerprint density at radius 3 is 2.38 bits per heavy atom. The Balaban J connectivity index is 2.13. The van der Waals surface area contributed by atoms with Gasteiger partial charge in [-0.25, -0.2) is 0 Å². The summed E-state index contributed by atoms with van der Waals surface area (Å²) in [4.78, 5) is 0. The summed E-state index contributed by atoms with van der Waals surface area (Å²) in [6, 6.07) is 0. The fraction of sp³-hybridized carbons (Fsp3) is 1.00. The van der Waals surface area contributed by atoms with Crippen molar-refractivity contribution in [1.29, 1.82) is 0 Å². The maximum atomic E-state index is 5.37. The van der Waals surface area contributed by atoms with Gasteiger partial charge in [-0.2, -0.15) is 0 Å². The summed E-state index contributed by atoms with van der Waals surface area (Å²) in [5, 5.41) is 0. The van der Waals surface area contributed by atoms with Crippen LogP contribution in [0.4, 0.5) is 0 Å². The Hall–Kier alpha value is 0.170. The Bertz CT molecular complexity index is 62.3. The van der Waals surface area contributed by atoms with Gasteiger partial charge in [-0.05, 0) is 0 Å². The van der Waals surface area contributed by atoms with Crippen LogP contribution in [0, 0.1) is 0 Å². The van der Waals surface area contributed by atoms with Gasteiger partial charge in [0.15, 0.2) is 19.9 Å². The summed E-state index contributed by atoms with van der Waals surface area (Å²) in [6.07, 6.45) is -0.273. The van der Waals surface area contributed by atoms with Crippen LogP contribution in [-0.2, 0) is 14.2 Å². The molecule has 48 valence electrons. The van der Waals surface area contributed by atoms with Gasteiger partial charge < -0.3 is 14.2 Å². The van der Waals surface area contributed by atoms with E-state index in [-0.39, 0.29) is 19.9 Å². The van der Waals surface area contributed by atoms with Crippen LogP contribution in [0.3, 0.4) is 0 Å². The van der Waals surface area contributed by atoms with E-state index < -0.39 is 0 Å². The van der Waals surface area contributed by atoms with E-state index in [9.17, 15) is 0 Å². The lowest BCUT2D eigenvalue weighted by Crippen LogP contribution is -2.27. The zero-order valence-corrected chi connectivity index (χ0v) is 5.06. The molecular weight excluding hydrogens is 131 g/mol. The molecule has 0 saturated carbocycles. The van der Waals surface area contributed by atoms with Gasteiger partial charge in [-0.15, -0.1) is 11.6 Å². The predicted molar refractivity (Wildman–Crippen MR) is 27.5 cm³/mol. The molecule has 1 saturated heterocycles. The molecule has 3 nitrogen and oxygen atoms in total. The number of hydrogen-bond acceptors (Lipinski definition) is 3. The summed E-state index contributed by atoms with van der Waals surface area (Å²) < 4.78 is 14.4. The molecule has 0 aliphatic carbocycles. The maximum absolute atomic E-state index is 5.37. The first-order valence-electron chi connectivity index (χ1n) is 2.30. The maximum Gasteiger partial charge on any atom is 0.176 e. The molecule has 1 heterocycles. The standard InChI is InChI=1S/C4H7ClO3/c5-1-4-7-2-6-3-8-4/h4H,1-3H2. The zero-order valence-electron chi connectivity index (χ0n) is 4.30. The van der Waals surface area contributed by atoms with Gasteiger partial charge in [0, 0.05) is 0 Å². The molecule has 0 unspecified atom stereocenters. The average molecular weight is 139 g/mol. The summed E-state index contributed by atoms with van der Waals surface area (Å²) in [6.45, 7) is 0.578. The highest BCUT2D eigenvalue weighted by atomic mass is 35.5. The van der Waals surface area contributed by atoms with E-state index >= 15 is 0 Å². The fourth-order valence-electron chi connectivity index (χ4n) is 0.419. The number of ether oxygens (including phenoxy) is 3. The highest BCUT2D eigenvalue weighted by Crippen LogP contribution is 2.02. The van der Waals surface area contributed by atoms with Crippen molar-refractivity contribution >= 4 is 11.6 Å². The Morgan fingerprint density at radius 2 is 2.00 bits per heavy atom. The van der Waals surface area contributed by atoms with Crippen molar-refractivity contribution in [3.05, 3.63) is 0 Å². The molecule has 0 aromatic heterocycles. The smallest absolute Gasteiger partial charge is 0.176 e. The van der Waals surface area contributed by atoms with Crippen LogP contribution in [0.1, 0.15) is 0 Å². The molecule has 0 N–H and O–H groups in total. The van der Waals surface area contributed by atoms with Gasteiger partial charge in [-0.3, -0.25) is 0 Å². The SMILES string of the molecule is ClCC1OCOCO1. The minimum absolute atomic E-state index is 0.273. The second-order valence-electron chi connectivity index (χ2n) is 1.36. The van der Waals surface area contributed by atoms with Crippen molar-refractivity contribution in [3.8, 4) is 0 Å². The molecule has 0 aromatic carbocycles. The van der Waals surface area contributed by atoms with Gasteiger partial charge >= 0.3 is 0 Å². The van der Waals surface area contributed by atoms with Crippen molar-refractivity contribution in [2.45, 2.75) is 6.29 Å². The highest BCUT2D eigenvalue weighted by Gasteiger charge is 2.11. The first-order valence-corrected chi connectivity index (χ1v) is 2.84. The van der Waals surface area contributed by atoms with Crippen LogP contribution >= 0.6 is 11.6 Å². The van der Waals surface area contributed by atoms with E-state index in [1.807, 2.05) is 0 Å². The van der Waals surface area contributed by atoms with Gasteiger partial charge in [0.2, 0.25) is 0 Å². The minimum atomic E-state index is -0.273. The Kier molecular flexibility index (Phi) is 2.55. The average Bonchev–Trinajstić information content (AvgIpc) is 1.90. The van der Waals surface area contributed by atoms with E-state index in [4.69, 9.17) is 25.8 Å². The van der Waals surface area contributed by atoms with Crippen molar-refractivity contribution < 1.29 is 14.2 Å². The third kappa shape index (κ3) is 1.59. The molecule has 0 bridgehead atoms. The van der Waals surface area contributed by atoms with Gasteiger partial charge in [0.25, 0.3) is 0 Å². The van der Waals surface area contributed by atoms with E-state index in [1.54, 1.807) is 0 Å².